The van der Waals surface area contributed by atoms with Gasteiger partial charge >= 0.3 is 12.4 Å². The van der Waals surface area contributed by atoms with Crippen LogP contribution in [0.15, 0.2) is 48.8 Å². The number of rotatable bonds is 6. The third-order valence-corrected chi connectivity index (χ3v) is 8.48. The predicted octanol–water partition coefficient (Wildman–Crippen LogP) is 9.13. The number of aliphatic hydroxyl groups is 1. The Morgan fingerprint density at radius 1 is 0.673 bits per heavy atom. The molecular weight excluding hydrogens is 778 g/mol. The van der Waals surface area contributed by atoms with Crippen molar-refractivity contribution in [2.45, 2.75) is 76.2 Å². The minimum absolute atomic E-state index is 0.0569. The number of hydrogen-bond donors (Lipinski definition) is 1. The van der Waals surface area contributed by atoms with E-state index in [2.05, 4.69) is 30.4 Å². The standard InChI is InChI=1S/C17H13F5N4O.C14H9ClF2N4.C3H5F3O/c1-8(17(20,21)22)27-15-4-9(7-23-25-15)16-24-13-5-11(18)12(19)6-14(13)26(16)10-2-3-10;15-13-3-7(6-18-20-13)14-19-11-4-9(16)10(17)5-12(11)21(14)8-1-2-8;1-2(7)3(4,5)6/h4-8,10H,2-3H2,1H3;3-6,8H,1-2H2;2,7H,1H3. The highest BCUT2D eigenvalue weighted by molar-refractivity contribution is 6.29. The number of benzene rings is 2. The molecule has 6 aromatic rings. The zero-order chi connectivity index (χ0) is 40.0. The van der Waals surface area contributed by atoms with Crippen LogP contribution in [0.2, 0.25) is 5.15 Å². The number of hydrogen-bond acceptors (Lipinski definition) is 8. The fourth-order valence-corrected chi connectivity index (χ4v) is 5.39. The molecule has 0 saturated heterocycles. The van der Waals surface area contributed by atoms with E-state index in [4.69, 9.17) is 21.4 Å². The van der Waals surface area contributed by atoms with Crippen molar-refractivity contribution < 1.29 is 53.7 Å². The topological polar surface area (TPSA) is 117 Å². The number of nitrogens with zero attached hydrogens (tertiary/aromatic N) is 8. The first-order valence-corrected chi connectivity index (χ1v) is 16.7. The summed E-state index contributed by atoms with van der Waals surface area (Å²) in [6.07, 6.45) is -6.74. The first-order chi connectivity index (χ1) is 25.8. The number of alkyl halides is 6. The number of aromatic nitrogens is 8. The van der Waals surface area contributed by atoms with Crippen LogP contribution in [-0.4, -0.2) is 69.2 Å². The van der Waals surface area contributed by atoms with Gasteiger partial charge in [0.25, 0.3) is 0 Å². The van der Waals surface area contributed by atoms with Crippen molar-refractivity contribution >= 4 is 33.7 Å². The molecule has 2 saturated carbocycles. The van der Waals surface area contributed by atoms with Crippen LogP contribution < -0.4 is 4.74 Å². The van der Waals surface area contributed by atoms with Gasteiger partial charge in [0.2, 0.25) is 5.88 Å². The molecule has 10 nitrogen and oxygen atoms in total. The summed E-state index contributed by atoms with van der Waals surface area (Å²) in [6, 6.07) is 7.59. The molecule has 4 aromatic heterocycles. The summed E-state index contributed by atoms with van der Waals surface area (Å²) in [5.74, 6) is -3.16. The Morgan fingerprint density at radius 2 is 1.09 bits per heavy atom. The smallest absolute Gasteiger partial charge is 0.425 e. The first kappa shape index (κ1) is 39.6. The van der Waals surface area contributed by atoms with E-state index in [1.165, 1.54) is 18.3 Å². The minimum atomic E-state index is -4.55. The van der Waals surface area contributed by atoms with E-state index in [0.717, 1.165) is 50.8 Å². The predicted molar refractivity (Wildman–Crippen MR) is 177 cm³/mol. The number of ether oxygens (including phenoxy) is 1. The van der Waals surface area contributed by atoms with Gasteiger partial charge in [0.1, 0.15) is 17.8 Å². The zero-order valence-corrected chi connectivity index (χ0v) is 29.1. The summed E-state index contributed by atoms with van der Waals surface area (Å²) in [7, 11) is 0. The highest BCUT2D eigenvalue weighted by atomic mass is 35.5. The average Bonchev–Trinajstić information content (AvgIpc) is 4.05. The molecule has 2 aliphatic carbocycles. The summed E-state index contributed by atoms with van der Waals surface area (Å²) in [6.45, 7) is 1.54. The summed E-state index contributed by atoms with van der Waals surface area (Å²) in [5, 5.41) is 22.8. The number of fused-ring (bicyclic) bond motifs is 2. The molecule has 292 valence electrons. The van der Waals surface area contributed by atoms with Crippen LogP contribution >= 0.6 is 11.6 Å². The highest BCUT2D eigenvalue weighted by Crippen LogP contribution is 2.43. The van der Waals surface area contributed by atoms with E-state index >= 15 is 0 Å². The quantitative estimate of drug-likeness (QED) is 0.166. The second kappa shape index (κ2) is 15.2. The summed E-state index contributed by atoms with van der Waals surface area (Å²) in [5.41, 5.74) is 2.69. The van der Waals surface area contributed by atoms with Crippen molar-refractivity contribution in [1.29, 1.82) is 0 Å². The lowest BCUT2D eigenvalue weighted by atomic mass is 10.2. The van der Waals surface area contributed by atoms with Crippen molar-refractivity contribution in [3.8, 4) is 28.7 Å². The minimum Gasteiger partial charge on any atom is -0.464 e. The Labute approximate surface area is 308 Å². The molecule has 55 heavy (non-hydrogen) atoms. The van der Waals surface area contributed by atoms with Crippen LogP contribution in [0.1, 0.15) is 51.6 Å². The molecule has 0 aliphatic heterocycles. The van der Waals surface area contributed by atoms with Gasteiger partial charge in [-0.25, -0.2) is 27.5 Å². The van der Waals surface area contributed by atoms with Crippen LogP contribution in [-0.2, 0) is 0 Å². The largest absolute Gasteiger partial charge is 0.464 e. The van der Waals surface area contributed by atoms with Crippen molar-refractivity contribution in [2.24, 2.45) is 0 Å². The van der Waals surface area contributed by atoms with Gasteiger partial charge in [-0.2, -0.15) is 36.5 Å². The third kappa shape index (κ3) is 9.07. The molecule has 21 heteroatoms. The number of aliphatic hydroxyl groups excluding tert-OH is 1. The molecule has 1 N–H and O–H groups in total. The zero-order valence-electron chi connectivity index (χ0n) is 28.3. The summed E-state index contributed by atoms with van der Waals surface area (Å²) >= 11 is 5.86. The van der Waals surface area contributed by atoms with Gasteiger partial charge in [0, 0.05) is 53.5 Å². The molecule has 2 unspecified atom stereocenters. The molecule has 2 aromatic carbocycles. The van der Waals surface area contributed by atoms with Crippen LogP contribution in [0.25, 0.3) is 44.8 Å². The van der Waals surface area contributed by atoms with Crippen molar-refractivity contribution in [1.82, 2.24) is 39.5 Å². The molecule has 2 fully saturated rings. The lowest BCUT2D eigenvalue weighted by molar-refractivity contribution is -0.197. The van der Waals surface area contributed by atoms with E-state index in [1.807, 2.05) is 4.57 Å². The van der Waals surface area contributed by atoms with E-state index in [0.29, 0.717) is 46.2 Å². The average molecular weight is 805 g/mol. The molecule has 2 atom stereocenters. The number of imidazole rings is 2. The molecule has 4 heterocycles. The van der Waals surface area contributed by atoms with Crippen molar-refractivity contribution in [3.63, 3.8) is 0 Å². The Bertz CT molecular complexity index is 2340. The van der Waals surface area contributed by atoms with Gasteiger partial charge in [-0.15, -0.1) is 10.2 Å². The van der Waals surface area contributed by atoms with Gasteiger partial charge in [0.15, 0.2) is 34.5 Å². The van der Waals surface area contributed by atoms with Crippen LogP contribution in [0.4, 0.5) is 43.9 Å². The van der Waals surface area contributed by atoms with Gasteiger partial charge < -0.3 is 19.0 Å². The maximum atomic E-state index is 13.7. The first-order valence-electron chi connectivity index (χ1n) is 16.4. The molecule has 0 bridgehead atoms. The van der Waals surface area contributed by atoms with Gasteiger partial charge in [-0.1, -0.05) is 11.6 Å². The lowest BCUT2D eigenvalue weighted by Crippen LogP contribution is -2.31. The Balaban J connectivity index is 0.000000163. The highest BCUT2D eigenvalue weighted by Gasteiger charge is 2.39. The van der Waals surface area contributed by atoms with Gasteiger partial charge in [-0.3, -0.25) is 0 Å². The Hall–Kier alpha value is -5.11. The van der Waals surface area contributed by atoms with Crippen molar-refractivity contribution in [2.75, 3.05) is 0 Å². The molecule has 0 amide bonds. The SMILES string of the molecule is CC(O)C(F)(F)F.CC(Oc1cc(-c2nc3cc(F)c(F)cc3n2C2CC2)cnn1)C(F)(F)F.Fc1cc2nc(-c3cnnc(Cl)c3)n(C3CC3)c2cc1F. The lowest BCUT2D eigenvalue weighted by Gasteiger charge is -2.16. The van der Waals surface area contributed by atoms with Crippen LogP contribution in [0.5, 0.6) is 5.88 Å². The van der Waals surface area contributed by atoms with Crippen LogP contribution in [0, 0.1) is 23.3 Å². The maximum absolute atomic E-state index is 13.7. The van der Waals surface area contributed by atoms with E-state index in [1.54, 1.807) is 16.8 Å². The van der Waals surface area contributed by atoms with Gasteiger partial charge in [0.05, 0.1) is 34.5 Å². The molecule has 0 spiro atoms. The molecule has 8 rings (SSSR count). The maximum Gasteiger partial charge on any atom is 0.425 e. The monoisotopic (exact) mass is 804 g/mol. The Morgan fingerprint density at radius 3 is 1.49 bits per heavy atom. The summed E-state index contributed by atoms with van der Waals surface area (Å²) in [4.78, 5) is 8.74. The third-order valence-electron chi connectivity index (χ3n) is 8.29. The van der Waals surface area contributed by atoms with Gasteiger partial charge in [-0.05, 0) is 45.6 Å². The second-order valence-electron chi connectivity index (χ2n) is 12.7. The number of halogens is 11. The van der Waals surface area contributed by atoms with E-state index in [-0.39, 0.29) is 28.6 Å². The van der Waals surface area contributed by atoms with E-state index < -0.39 is 47.8 Å². The van der Waals surface area contributed by atoms with E-state index in [9.17, 15) is 43.9 Å². The fraction of sp³-hybridized carbons (Fsp3) is 0.353. The molecular formula is C34H27ClF10N8O2. The molecule has 0 radical (unpaired) electrons. The normalized spacial score (nSPS) is 15.6. The molecule has 2 aliphatic rings. The fourth-order valence-electron chi connectivity index (χ4n) is 5.23. The Kier molecular flexibility index (Phi) is 10.9. The van der Waals surface area contributed by atoms with Crippen LogP contribution in [0.3, 0.4) is 0 Å². The summed E-state index contributed by atoms with van der Waals surface area (Å²) < 4.78 is 134. The van der Waals surface area contributed by atoms with Crippen molar-refractivity contribution in [3.05, 3.63) is 77.2 Å². The second-order valence-corrected chi connectivity index (χ2v) is 13.0.